The van der Waals surface area contributed by atoms with Crippen LogP contribution in [0.5, 0.6) is 0 Å². The molecular weight excluding hydrogens is 354 g/mol. The lowest BCUT2D eigenvalue weighted by Gasteiger charge is -2.28. The van der Waals surface area contributed by atoms with E-state index in [9.17, 15) is 21.6 Å². The van der Waals surface area contributed by atoms with Gasteiger partial charge in [-0.25, -0.2) is 0 Å². The maximum absolute atomic E-state index is 12.9. The Morgan fingerprint density at radius 3 is 2.50 bits per heavy atom. The van der Waals surface area contributed by atoms with Crippen molar-refractivity contribution in [3.8, 4) is 0 Å². The highest BCUT2D eigenvalue weighted by molar-refractivity contribution is 7.86. The van der Waals surface area contributed by atoms with Gasteiger partial charge < -0.3 is 21.5 Å². The lowest BCUT2D eigenvalue weighted by atomic mass is 9.87. The molecule has 0 amide bonds. The van der Waals surface area contributed by atoms with Crippen molar-refractivity contribution < 1.29 is 31.6 Å². The zero-order valence-electron chi connectivity index (χ0n) is 12.8. The van der Waals surface area contributed by atoms with Crippen molar-refractivity contribution in [1.29, 1.82) is 0 Å². The van der Waals surface area contributed by atoms with Crippen LogP contribution >= 0.6 is 0 Å². The summed E-state index contributed by atoms with van der Waals surface area (Å²) in [6, 6.07) is -0.712. The molecule has 0 aromatic carbocycles. The Labute approximate surface area is 138 Å². The summed E-state index contributed by atoms with van der Waals surface area (Å²) in [7, 11) is -6.31. The molecule has 14 heteroatoms. The van der Waals surface area contributed by atoms with Crippen LogP contribution in [0.15, 0.2) is 4.99 Å². The molecule has 1 aliphatic heterocycles. The van der Waals surface area contributed by atoms with Crippen LogP contribution in [0, 0.1) is 5.92 Å². The summed E-state index contributed by atoms with van der Waals surface area (Å²) >= 11 is 0. The highest BCUT2D eigenvalue weighted by Crippen LogP contribution is 2.28. The first-order valence-electron chi connectivity index (χ1n) is 7.16. The molecule has 6 N–H and O–H groups in total. The standard InChI is InChI=1S/C10H21BF3N5O4S/c12-10(13,14)19(4-2-15)24(22,23)18-6-8(9(16)7-18)5-17-3-1-11(20)21/h5,8-9,20-21H,1-4,6-7,15-16H2/b17-5+/t8-,9-/m0/s1. The van der Waals surface area contributed by atoms with Gasteiger partial charge in [-0.3, -0.25) is 4.99 Å². The summed E-state index contributed by atoms with van der Waals surface area (Å²) < 4.78 is 63.2. The highest BCUT2D eigenvalue weighted by atomic mass is 32.2. The summed E-state index contributed by atoms with van der Waals surface area (Å²) in [5.74, 6) is -0.566. The van der Waals surface area contributed by atoms with E-state index in [2.05, 4.69) is 4.99 Å². The number of alkyl halides is 3. The Balaban J connectivity index is 2.80. The van der Waals surface area contributed by atoms with E-state index < -0.39 is 53.0 Å². The summed E-state index contributed by atoms with van der Waals surface area (Å²) in [5, 5.41) is 17.4. The van der Waals surface area contributed by atoms with Crippen molar-refractivity contribution in [1.82, 2.24) is 8.61 Å². The Bertz CT molecular complexity index is 533. The SMILES string of the molecule is NCCN(C(F)(F)F)S(=O)(=O)N1C[C@H](N)[C@@H](/C=N/CCB(O)O)C1. The van der Waals surface area contributed by atoms with Crippen molar-refractivity contribution in [2.24, 2.45) is 22.4 Å². The molecule has 2 atom stereocenters. The smallest absolute Gasteiger partial charge is 0.427 e. The average molecular weight is 375 g/mol. The molecule has 1 aliphatic rings. The zero-order valence-corrected chi connectivity index (χ0v) is 13.6. The van der Waals surface area contributed by atoms with Gasteiger partial charge in [0.05, 0.1) is 0 Å². The van der Waals surface area contributed by atoms with Crippen LogP contribution in [-0.2, 0) is 10.2 Å². The van der Waals surface area contributed by atoms with Crippen molar-refractivity contribution in [2.45, 2.75) is 18.7 Å². The van der Waals surface area contributed by atoms with Gasteiger partial charge in [-0.1, -0.05) is 4.31 Å². The van der Waals surface area contributed by atoms with E-state index in [0.717, 1.165) is 0 Å². The van der Waals surface area contributed by atoms with Crippen molar-refractivity contribution >= 4 is 23.5 Å². The van der Waals surface area contributed by atoms with Gasteiger partial charge in [-0.15, -0.1) is 0 Å². The molecule has 0 aromatic rings. The van der Waals surface area contributed by atoms with E-state index in [0.29, 0.717) is 4.31 Å². The van der Waals surface area contributed by atoms with E-state index in [1.165, 1.54) is 6.21 Å². The Morgan fingerprint density at radius 2 is 2.00 bits per heavy atom. The number of rotatable bonds is 8. The monoisotopic (exact) mass is 375 g/mol. The first kappa shape index (κ1) is 21.3. The molecule has 0 saturated carbocycles. The first-order valence-corrected chi connectivity index (χ1v) is 8.56. The van der Waals surface area contributed by atoms with Crippen LogP contribution in [-0.4, -0.2) is 85.5 Å². The van der Waals surface area contributed by atoms with E-state index in [1.54, 1.807) is 0 Å². The van der Waals surface area contributed by atoms with Crippen LogP contribution in [0.25, 0.3) is 0 Å². The van der Waals surface area contributed by atoms with Gasteiger partial charge in [0.2, 0.25) is 0 Å². The van der Waals surface area contributed by atoms with Crippen LogP contribution < -0.4 is 11.5 Å². The van der Waals surface area contributed by atoms with Gasteiger partial charge in [0.1, 0.15) is 0 Å². The fraction of sp³-hybridized carbons (Fsp3) is 0.900. The molecule has 1 saturated heterocycles. The topological polar surface area (TPSA) is 145 Å². The van der Waals surface area contributed by atoms with E-state index >= 15 is 0 Å². The second-order valence-electron chi connectivity index (χ2n) is 5.31. The number of nitrogens with two attached hydrogens (primary N) is 2. The largest absolute Gasteiger partial charge is 0.474 e. The molecule has 0 radical (unpaired) electrons. The van der Waals surface area contributed by atoms with Gasteiger partial charge >= 0.3 is 13.4 Å². The maximum Gasteiger partial charge on any atom is 0.474 e. The van der Waals surface area contributed by atoms with Gasteiger partial charge in [0.25, 0.3) is 10.2 Å². The lowest BCUT2D eigenvalue weighted by Crippen LogP contribution is -2.51. The molecule has 0 aromatic heterocycles. The molecule has 1 heterocycles. The van der Waals surface area contributed by atoms with Crippen LogP contribution in [0.2, 0.25) is 6.32 Å². The normalized spacial score (nSPS) is 23.5. The average Bonchev–Trinajstić information content (AvgIpc) is 2.81. The molecule has 0 unspecified atom stereocenters. The number of halogens is 3. The first-order chi connectivity index (χ1) is 11.0. The molecule has 0 spiro atoms. The van der Waals surface area contributed by atoms with Gasteiger partial charge in [0, 0.05) is 57.2 Å². The summed E-state index contributed by atoms with van der Waals surface area (Å²) in [6.07, 6.45) is -3.76. The summed E-state index contributed by atoms with van der Waals surface area (Å²) in [6.45, 7) is -1.81. The number of nitrogens with zero attached hydrogens (tertiary/aromatic N) is 3. The number of hydrogen-bond donors (Lipinski definition) is 4. The summed E-state index contributed by atoms with van der Waals surface area (Å²) in [4.78, 5) is 3.89. The minimum Gasteiger partial charge on any atom is -0.427 e. The molecule has 24 heavy (non-hydrogen) atoms. The third-order valence-corrected chi connectivity index (χ3v) is 5.31. The molecule has 0 aliphatic carbocycles. The Morgan fingerprint density at radius 1 is 1.38 bits per heavy atom. The van der Waals surface area contributed by atoms with E-state index in [1.807, 2.05) is 0 Å². The molecule has 0 bridgehead atoms. The second kappa shape index (κ2) is 8.55. The van der Waals surface area contributed by atoms with Gasteiger partial charge in [-0.05, 0) is 0 Å². The third kappa shape index (κ3) is 5.65. The second-order valence-corrected chi connectivity index (χ2v) is 7.16. The third-order valence-electron chi connectivity index (χ3n) is 3.41. The van der Waals surface area contributed by atoms with E-state index in [-0.39, 0.29) is 26.0 Å². The van der Waals surface area contributed by atoms with E-state index in [4.69, 9.17) is 21.5 Å². The predicted molar refractivity (Wildman–Crippen MR) is 82.1 cm³/mol. The van der Waals surface area contributed by atoms with Crippen molar-refractivity contribution in [3.05, 3.63) is 0 Å². The van der Waals surface area contributed by atoms with Crippen LogP contribution in [0.1, 0.15) is 0 Å². The van der Waals surface area contributed by atoms with Gasteiger partial charge in [-0.2, -0.15) is 25.9 Å². The lowest BCUT2D eigenvalue weighted by molar-refractivity contribution is -0.210. The molecule has 140 valence electrons. The van der Waals surface area contributed by atoms with Crippen molar-refractivity contribution in [3.63, 3.8) is 0 Å². The fourth-order valence-electron chi connectivity index (χ4n) is 2.19. The highest BCUT2D eigenvalue weighted by Gasteiger charge is 2.49. The molecule has 9 nitrogen and oxygen atoms in total. The zero-order chi connectivity index (χ0) is 18.5. The molecule has 1 rings (SSSR count). The molecular formula is C10H21BF3N5O4S. The Kier molecular flexibility index (Phi) is 7.58. The minimum absolute atomic E-state index is 0.0151. The molecule has 1 fully saturated rings. The minimum atomic E-state index is -5.08. The predicted octanol–water partition coefficient (Wildman–Crippen LogP) is -2.19. The van der Waals surface area contributed by atoms with Crippen LogP contribution in [0.3, 0.4) is 0 Å². The maximum atomic E-state index is 12.9. The number of hydrogen-bond acceptors (Lipinski definition) is 7. The van der Waals surface area contributed by atoms with Crippen LogP contribution in [0.4, 0.5) is 13.2 Å². The summed E-state index contributed by atoms with van der Waals surface area (Å²) in [5.41, 5.74) is 10.8. The van der Waals surface area contributed by atoms with Gasteiger partial charge in [0.15, 0.2) is 0 Å². The number of aliphatic imine (C=N–C) groups is 1. The fourth-order valence-corrected chi connectivity index (χ4v) is 3.79. The Hall–Kier alpha value is -0.765. The van der Waals surface area contributed by atoms with Crippen molar-refractivity contribution in [2.75, 3.05) is 32.7 Å². The quantitative estimate of drug-likeness (QED) is 0.216.